The van der Waals surface area contributed by atoms with Crippen LogP contribution in [-0.2, 0) is 6.61 Å². The van der Waals surface area contributed by atoms with E-state index in [1.54, 1.807) is 12.1 Å². The first kappa shape index (κ1) is 19.2. The summed E-state index contributed by atoms with van der Waals surface area (Å²) in [6.07, 6.45) is 5.47. The van der Waals surface area contributed by atoms with Crippen LogP contribution in [0.4, 0.5) is 0 Å². The molecule has 3 aromatic carbocycles. The van der Waals surface area contributed by atoms with E-state index in [4.69, 9.17) is 9.47 Å². The Morgan fingerprint density at radius 1 is 1.00 bits per heavy atom. The molecule has 4 rings (SSSR count). The normalized spacial score (nSPS) is 14.3. The number of ether oxygens (including phenoxy) is 2. The van der Waals surface area contributed by atoms with Gasteiger partial charge in [0.2, 0.25) is 5.78 Å². The highest BCUT2D eigenvalue weighted by atomic mass is 79.9. The lowest BCUT2D eigenvalue weighted by Crippen LogP contribution is -1.98. The molecule has 144 valence electrons. The fourth-order valence-corrected chi connectivity index (χ4v) is 3.36. The van der Waals surface area contributed by atoms with Crippen LogP contribution in [0.5, 0.6) is 11.5 Å². The van der Waals surface area contributed by atoms with E-state index < -0.39 is 0 Å². The van der Waals surface area contributed by atoms with Crippen LogP contribution >= 0.6 is 15.9 Å². The smallest absolute Gasteiger partial charge is 0.231 e. The quantitative estimate of drug-likeness (QED) is 0.419. The predicted molar refractivity (Wildman–Crippen MR) is 118 cm³/mol. The monoisotopic (exact) mass is 446 g/mol. The number of rotatable bonds is 5. The predicted octanol–water partition coefficient (Wildman–Crippen LogP) is 6.51. The highest BCUT2D eigenvalue weighted by Gasteiger charge is 2.29. The zero-order valence-corrected chi connectivity index (χ0v) is 17.5. The topological polar surface area (TPSA) is 35.5 Å². The zero-order chi connectivity index (χ0) is 20.2. The van der Waals surface area contributed by atoms with Gasteiger partial charge < -0.3 is 9.47 Å². The number of allylic oxidation sites excluding steroid dienone is 3. The average Bonchev–Trinajstić information content (AvgIpc) is 3.06. The van der Waals surface area contributed by atoms with E-state index in [2.05, 4.69) is 15.9 Å². The van der Waals surface area contributed by atoms with Gasteiger partial charge in [0, 0.05) is 10.0 Å². The van der Waals surface area contributed by atoms with Crippen molar-refractivity contribution >= 4 is 27.8 Å². The maximum Gasteiger partial charge on any atom is 0.231 e. The summed E-state index contributed by atoms with van der Waals surface area (Å²) in [7, 11) is 0. The van der Waals surface area contributed by atoms with E-state index in [9.17, 15) is 4.79 Å². The Hall–Kier alpha value is -3.11. The third-order valence-corrected chi connectivity index (χ3v) is 5.21. The lowest BCUT2D eigenvalue weighted by Gasteiger charge is -2.11. The second-order valence-corrected chi connectivity index (χ2v) is 7.63. The van der Waals surface area contributed by atoms with Crippen LogP contribution in [-0.4, -0.2) is 5.78 Å². The van der Waals surface area contributed by atoms with Crippen molar-refractivity contribution in [3.8, 4) is 11.5 Å². The third kappa shape index (κ3) is 4.33. The van der Waals surface area contributed by atoms with E-state index in [0.717, 1.165) is 21.2 Å². The van der Waals surface area contributed by atoms with Crippen molar-refractivity contribution in [2.75, 3.05) is 0 Å². The van der Waals surface area contributed by atoms with Gasteiger partial charge in [-0.05, 0) is 48.4 Å². The molecule has 0 fully saturated rings. The molecule has 3 aromatic rings. The van der Waals surface area contributed by atoms with Gasteiger partial charge in [0.05, 0.1) is 5.56 Å². The molecule has 0 bridgehead atoms. The molecule has 0 aromatic heterocycles. The number of carbonyl (C=O) groups excluding carboxylic acids is 1. The Morgan fingerprint density at radius 2 is 1.76 bits per heavy atom. The molecule has 1 heterocycles. The zero-order valence-electron chi connectivity index (χ0n) is 15.9. The lowest BCUT2D eigenvalue weighted by molar-refractivity contribution is 0.101. The number of Topliss-reactive ketones (excluding diaryl/α,β-unsaturated/α-hetero) is 1. The number of halogens is 1. The highest BCUT2D eigenvalue weighted by molar-refractivity contribution is 9.10. The highest BCUT2D eigenvalue weighted by Crippen LogP contribution is 2.39. The van der Waals surface area contributed by atoms with E-state index >= 15 is 0 Å². The minimum absolute atomic E-state index is 0.111. The largest absolute Gasteiger partial charge is 0.488 e. The number of benzene rings is 3. The van der Waals surface area contributed by atoms with Gasteiger partial charge in [-0.2, -0.15) is 0 Å². The molecule has 1 aliphatic rings. The van der Waals surface area contributed by atoms with Gasteiger partial charge in [0.25, 0.3) is 0 Å². The van der Waals surface area contributed by atoms with Crippen LogP contribution in [0.3, 0.4) is 0 Å². The van der Waals surface area contributed by atoms with Crippen molar-refractivity contribution in [2.45, 2.75) is 13.5 Å². The van der Waals surface area contributed by atoms with Crippen LogP contribution < -0.4 is 9.47 Å². The maximum absolute atomic E-state index is 12.6. The van der Waals surface area contributed by atoms with Crippen molar-refractivity contribution in [1.82, 2.24) is 0 Å². The molecule has 3 nitrogen and oxygen atoms in total. The molecule has 4 heteroatoms. The first-order chi connectivity index (χ1) is 14.1. The van der Waals surface area contributed by atoms with Gasteiger partial charge in [-0.3, -0.25) is 4.79 Å². The van der Waals surface area contributed by atoms with Crippen molar-refractivity contribution in [1.29, 1.82) is 0 Å². The fourth-order valence-electron chi connectivity index (χ4n) is 3.09. The molecule has 0 aliphatic carbocycles. The summed E-state index contributed by atoms with van der Waals surface area (Å²) in [6, 6.07) is 21.5. The number of carbonyl (C=O) groups is 1. The summed E-state index contributed by atoms with van der Waals surface area (Å²) < 4.78 is 12.9. The number of hydrogen-bond acceptors (Lipinski definition) is 3. The molecule has 0 amide bonds. The summed E-state index contributed by atoms with van der Waals surface area (Å²) in [5.74, 6) is 1.49. The van der Waals surface area contributed by atoms with Crippen LogP contribution in [0, 0.1) is 6.92 Å². The van der Waals surface area contributed by atoms with E-state index in [1.165, 1.54) is 0 Å². The Morgan fingerprint density at radius 3 is 2.52 bits per heavy atom. The summed E-state index contributed by atoms with van der Waals surface area (Å²) in [5.41, 5.74) is 3.52. The second-order valence-electron chi connectivity index (χ2n) is 6.71. The SMILES string of the molecule is Cc1c(OCc2ccc(Br)cc2)ccc2c1O/C(=C\C=C\c1ccccc1)C2=O. The molecule has 0 saturated carbocycles. The van der Waals surface area contributed by atoms with Gasteiger partial charge in [-0.15, -0.1) is 0 Å². The molecular formula is C25H19BrO3. The van der Waals surface area contributed by atoms with Crippen LogP contribution in [0.25, 0.3) is 6.08 Å². The summed E-state index contributed by atoms with van der Waals surface area (Å²) in [4.78, 5) is 12.6. The standard InChI is InChI=1S/C25H19BrO3/c1-17-22(28-16-19-10-12-20(26)13-11-19)15-14-21-24(27)23(29-25(17)21)9-5-8-18-6-3-2-4-7-18/h2-15H,16H2,1H3/b8-5+,23-9-. The summed E-state index contributed by atoms with van der Waals surface area (Å²) >= 11 is 3.43. The Balaban J connectivity index is 1.50. The van der Waals surface area contributed by atoms with Gasteiger partial charge in [0.15, 0.2) is 5.76 Å². The Bertz CT molecular complexity index is 1100. The molecular weight excluding hydrogens is 428 g/mol. The molecule has 0 spiro atoms. The molecule has 0 atom stereocenters. The van der Waals surface area contributed by atoms with Gasteiger partial charge in [-0.25, -0.2) is 0 Å². The number of hydrogen-bond donors (Lipinski definition) is 0. The van der Waals surface area contributed by atoms with Crippen LogP contribution in [0.2, 0.25) is 0 Å². The third-order valence-electron chi connectivity index (χ3n) is 4.68. The minimum Gasteiger partial charge on any atom is -0.488 e. The van der Waals surface area contributed by atoms with E-state index in [1.807, 2.05) is 79.7 Å². The lowest BCUT2D eigenvalue weighted by atomic mass is 10.1. The summed E-state index contributed by atoms with van der Waals surface area (Å²) in [5, 5.41) is 0. The maximum atomic E-state index is 12.6. The second kappa shape index (κ2) is 8.50. The molecule has 0 unspecified atom stereocenters. The van der Waals surface area contributed by atoms with Crippen LogP contribution in [0.15, 0.2) is 89.1 Å². The summed E-state index contributed by atoms with van der Waals surface area (Å²) in [6.45, 7) is 2.36. The molecule has 0 radical (unpaired) electrons. The van der Waals surface area contributed by atoms with E-state index in [0.29, 0.717) is 29.4 Å². The minimum atomic E-state index is -0.111. The Kier molecular flexibility index (Phi) is 5.63. The van der Waals surface area contributed by atoms with Crippen molar-refractivity contribution in [3.05, 3.63) is 111 Å². The average molecular weight is 447 g/mol. The van der Waals surface area contributed by atoms with Crippen LogP contribution in [0.1, 0.15) is 27.0 Å². The van der Waals surface area contributed by atoms with Gasteiger partial charge in [-0.1, -0.05) is 70.5 Å². The van der Waals surface area contributed by atoms with Gasteiger partial charge in [0.1, 0.15) is 18.1 Å². The molecule has 0 N–H and O–H groups in total. The number of ketones is 1. The van der Waals surface area contributed by atoms with E-state index in [-0.39, 0.29) is 5.78 Å². The van der Waals surface area contributed by atoms with Crippen molar-refractivity contribution in [3.63, 3.8) is 0 Å². The number of fused-ring (bicyclic) bond motifs is 1. The fraction of sp³-hybridized carbons (Fsp3) is 0.0800. The van der Waals surface area contributed by atoms with Gasteiger partial charge >= 0.3 is 0 Å². The first-order valence-electron chi connectivity index (χ1n) is 9.28. The van der Waals surface area contributed by atoms with Crippen molar-refractivity contribution < 1.29 is 14.3 Å². The molecule has 29 heavy (non-hydrogen) atoms. The molecule has 1 aliphatic heterocycles. The molecule has 0 saturated heterocycles. The van der Waals surface area contributed by atoms with Crippen molar-refractivity contribution in [2.24, 2.45) is 0 Å². The Labute approximate surface area is 178 Å². The first-order valence-corrected chi connectivity index (χ1v) is 10.1.